The summed E-state index contributed by atoms with van der Waals surface area (Å²) in [6.07, 6.45) is 1.21. The van der Waals surface area contributed by atoms with Crippen LogP contribution in [0.3, 0.4) is 0 Å². The molecule has 0 aliphatic carbocycles. The third kappa shape index (κ3) is 5.27. The van der Waals surface area contributed by atoms with Crippen LogP contribution in [0.1, 0.15) is 36.0 Å². The highest BCUT2D eigenvalue weighted by molar-refractivity contribution is 6.34. The molecule has 0 aliphatic rings. The second-order valence-electron chi connectivity index (χ2n) is 4.21. The maximum atomic E-state index is 11.6. The molecular weight excluding hydrogens is 284 g/mol. The maximum absolute atomic E-state index is 11.6. The standard InChI is InChI=1S/C13H15ClN2O4/c14-10-7-8(5-6-9(10)13(15)20)16-11(17)3-1-2-4-12(18)19/h5-7H,1-4H2,(H2,15,20)(H,16,17)(H,18,19). The molecule has 1 rings (SSSR count). The van der Waals surface area contributed by atoms with Crippen molar-refractivity contribution >= 4 is 35.1 Å². The summed E-state index contributed by atoms with van der Waals surface area (Å²) in [6, 6.07) is 4.41. The van der Waals surface area contributed by atoms with Gasteiger partial charge in [0.2, 0.25) is 11.8 Å². The van der Waals surface area contributed by atoms with E-state index in [1.807, 2.05) is 0 Å². The average Bonchev–Trinajstić information content (AvgIpc) is 2.34. The number of rotatable bonds is 7. The number of nitrogens with one attached hydrogen (secondary N) is 1. The Balaban J connectivity index is 2.48. The lowest BCUT2D eigenvalue weighted by Gasteiger charge is -2.07. The summed E-state index contributed by atoms with van der Waals surface area (Å²) >= 11 is 5.85. The van der Waals surface area contributed by atoms with Gasteiger partial charge in [0.1, 0.15) is 0 Å². The number of primary amides is 1. The van der Waals surface area contributed by atoms with E-state index in [1.165, 1.54) is 18.2 Å². The summed E-state index contributed by atoms with van der Waals surface area (Å²) in [5.74, 6) is -1.75. The van der Waals surface area contributed by atoms with Crippen molar-refractivity contribution in [3.8, 4) is 0 Å². The summed E-state index contributed by atoms with van der Waals surface area (Å²) in [7, 11) is 0. The number of carbonyl (C=O) groups is 3. The molecule has 0 aromatic heterocycles. The molecule has 6 nitrogen and oxygen atoms in total. The number of nitrogens with two attached hydrogens (primary N) is 1. The number of carboxylic acids is 1. The Kier molecular flexibility index (Phi) is 5.99. The second-order valence-corrected chi connectivity index (χ2v) is 4.62. The highest BCUT2D eigenvalue weighted by Crippen LogP contribution is 2.20. The van der Waals surface area contributed by atoms with Crippen molar-refractivity contribution < 1.29 is 19.5 Å². The first-order valence-electron chi connectivity index (χ1n) is 6.01. The normalized spacial score (nSPS) is 10.1. The molecule has 7 heteroatoms. The van der Waals surface area contributed by atoms with E-state index in [1.54, 1.807) is 0 Å². The molecule has 2 amide bonds. The minimum absolute atomic E-state index is 0.0480. The van der Waals surface area contributed by atoms with Gasteiger partial charge in [-0.05, 0) is 31.0 Å². The maximum Gasteiger partial charge on any atom is 0.303 e. The molecule has 0 fully saturated rings. The van der Waals surface area contributed by atoms with E-state index in [4.69, 9.17) is 22.4 Å². The van der Waals surface area contributed by atoms with Gasteiger partial charge < -0.3 is 16.2 Å². The van der Waals surface area contributed by atoms with Crippen LogP contribution in [0.25, 0.3) is 0 Å². The molecule has 0 heterocycles. The van der Waals surface area contributed by atoms with Crippen LogP contribution in [0.2, 0.25) is 5.02 Å². The van der Waals surface area contributed by atoms with Crippen LogP contribution in [0.4, 0.5) is 5.69 Å². The number of hydrogen-bond acceptors (Lipinski definition) is 3. The molecule has 0 radical (unpaired) electrons. The molecule has 0 bridgehead atoms. The zero-order chi connectivity index (χ0) is 15.1. The number of amides is 2. The Morgan fingerprint density at radius 1 is 1.20 bits per heavy atom. The Labute approximate surface area is 120 Å². The molecule has 20 heavy (non-hydrogen) atoms. The molecule has 0 atom stereocenters. The molecule has 1 aromatic rings. The van der Waals surface area contributed by atoms with Crippen LogP contribution in [0.5, 0.6) is 0 Å². The van der Waals surface area contributed by atoms with Gasteiger partial charge in [-0.25, -0.2) is 0 Å². The summed E-state index contributed by atoms with van der Waals surface area (Å²) in [5.41, 5.74) is 5.76. The minimum Gasteiger partial charge on any atom is -0.481 e. The zero-order valence-corrected chi connectivity index (χ0v) is 11.4. The third-order valence-corrected chi connectivity index (χ3v) is 2.88. The number of unbranched alkanes of at least 4 members (excludes halogenated alkanes) is 1. The van der Waals surface area contributed by atoms with Crippen molar-refractivity contribution in [3.05, 3.63) is 28.8 Å². The van der Waals surface area contributed by atoms with Crippen molar-refractivity contribution in [3.63, 3.8) is 0 Å². The molecule has 0 aliphatic heterocycles. The van der Waals surface area contributed by atoms with Gasteiger partial charge in [0.25, 0.3) is 0 Å². The van der Waals surface area contributed by atoms with Gasteiger partial charge in [-0.1, -0.05) is 11.6 Å². The lowest BCUT2D eigenvalue weighted by molar-refractivity contribution is -0.137. The smallest absolute Gasteiger partial charge is 0.303 e. The lowest BCUT2D eigenvalue weighted by Crippen LogP contribution is -2.13. The summed E-state index contributed by atoms with van der Waals surface area (Å²) in [5, 5.41) is 11.2. The zero-order valence-electron chi connectivity index (χ0n) is 10.7. The largest absolute Gasteiger partial charge is 0.481 e. The molecule has 108 valence electrons. The van der Waals surface area contributed by atoms with Crippen LogP contribution in [-0.4, -0.2) is 22.9 Å². The van der Waals surface area contributed by atoms with E-state index in [9.17, 15) is 14.4 Å². The van der Waals surface area contributed by atoms with E-state index >= 15 is 0 Å². The molecule has 0 saturated heterocycles. The first-order chi connectivity index (χ1) is 9.40. The number of benzene rings is 1. The topological polar surface area (TPSA) is 109 Å². The summed E-state index contributed by atoms with van der Waals surface area (Å²) in [6.45, 7) is 0. The fourth-order valence-corrected chi connectivity index (χ4v) is 1.85. The number of halogens is 1. The summed E-state index contributed by atoms with van der Waals surface area (Å²) in [4.78, 5) is 32.9. The number of hydrogen-bond donors (Lipinski definition) is 3. The Hall–Kier alpha value is -2.08. The number of anilines is 1. The molecule has 0 spiro atoms. The van der Waals surface area contributed by atoms with Crippen LogP contribution in [0.15, 0.2) is 18.2 Å². The third-order valence-electron chi connectivity index (χ3n) is 2.56. The lowest BCUT2D eigenvalue weighted by atomic mass is 10.1. The number of carbonyl (C=O) groups excluding carboxylic acids is 2. The van der Waals surface area contributed by atoms with Gasteiger partial charge in [0.05, 0.1) is 10.6 Å². The van der Waals surface area contributed by atoms with Gasteiger partial charge in [-0.15, -0.1) is 0 Å². The van der Waals surface area contributed by atoms with Crippen molar-refractivity contribution in [2.75, 3.05) is 5.32 Å². The molecular formula is C13H15ClN2O4. The monoisotopic (exact) mass is 298 g/mol. The van der Waals surface area contributed by atoms with Crippen LogP contribution < -0.4 is 11.1 Å². The minimum atomic E-state index is -0.876. The molecule has 0 unspecified atom stereocenters. The number of carboxylic acid groups (broad SMARTS) is 1. The van der Waals surface area contributed by atoms with Gasteiger partial charge in [-0.2, -0.15) is 0 Å². The Bertz CT molecular complexity index is 531. The van der Waals surface area contributed by atoms with Crippen LogP contribution >= 0.6 is 11.6 Å². The highest BCUT2D eigenvalue weighted by Gasteiger charge is 2.09. The first kappa shape index (κ1) is 16.0. The van der Waals surface area contributed by atoms with Gasteiger partial charge in [0.15, 0.2) is 0 Å². The fraction of sp³-hybridized carbons (Fsp3) is 0.308. The SMILES string of the molecule is NC(=O)c1ccc(NC(=O)CCCCC(=O)O)cc1Cl. The Morgan fingerprint density at radius 2 is 1.85 bits per heavy atom. The Morgan fingerprint density at radius 3 is 2.40 bits per heavy atom. The predicted molar refractivity (Wildman–Crippen MR) is 74.7 cm³/mol. The average molecular weight is 299 g/mol. The first-order valence-corrected chi connectivity index (χ1v) is 6.39. The fourth-order valence-electron chi connectivity index (χ4n) is 1.58. The van der Waals surface area contributed by atoms with Crippen molar-refractivity contribution in [1.82, 2.24) is 0 Å². The summed E-state index contributed by atoms with van der Waals surface area (Å²) < 4.78 is 0. The number of aliphatic carboxylic acids is 1. The van der Waals surface area contributed by atoms with Crippen LogP contribution in [-0.2, 0) is 9.59 Å². The van der Waals surface area contributed by atoms with Gasteiger partial charge >= 0.3 is 5.97 Å². The van der Waals surface area contributed by atoms with E-state index < -0.39 is 11.9 Å². The predicted octanol–water partition coefficient (Wildman–Crippen LogP) is 2.02. The van der Waals surface area contributed by atoms with Crippen molar-refractivity contribution in [2.45, 2.75) is 25.7 Å². The van der Waals surface area contributed by atoms with Crippen molar-refractivity contribution in [1.29, 1.82) is 0 Å². The van der Waals surface area contributed by atoms with Crippen LogP contribution in [0, 0.1) is 0 Å². The van der Waals surface area contributed by atoms with Crippen molar-refractivity contribution in [2.24, 2.45) is 5.73 Å². The quantitative estimate of drug-likeness (QED) is 0.669. The van der Waals surface area contributed by atoms with Gasteiger partial charge in [0, 0.05) is 18.5 Å². The molecule has 4 N–H and O–H groups in total. The molecule has 0 saturated carbocycles. The van der Waals surface area contributed by atoms with E-state index in [-0.39, 0.29) is 29.3 Å². The second kappa shape index (κ2) is 7.49. The van der Waals surface area contributed by atoms with Gasteiger partial charge in [-0.3, -0.25) is 14.4 Å². The van der Waals surface area contributed by atoms with E-state index in [0.29, 0.717) is 18.5 Å². The molecule has 1 aromatic carbocycles. The highest BCUT2D eigenvalue weighted by atomic mass is 35.5. The van der Waals surface area contributed by atoms with E-state index in [0.717, 1.165) is 0 Å². The van der Waals surface area contributed by atoms with E-state index in [2.05, 4.69) is 5.32 Å².